The van der Waals surface area contributed by atoms with Gasteiger partial charge in [0.1, 0.15) is 5.82 Å². The first kappa shape index (κ1) is 13.3. The number of rotatable bonds is 4. The summed E-state index contributed by atoms with van der Waals surface area (Å²) in [5, 5.41) is 12.3. The third kappa shape index (κ3) is 3.40. The Balaban J connectivity index is 2.02. The van der Waals surface area contributed by atoms with E-state index in [-0.39, 0.29) is 11.9 Å². The first-order valence-corrected chi connectivity index (χ1v) is 6.17. The van der Waals surface area contributed by atoms with Gasteiger partial charge < -0.3 is 5.32 Å². The molecule has 2 rings (SSSR count). The minimum Gasteiger partial charge on any atom is -0.306 e. The lowest BCUT2D eigenvalue weighted by Gasteiger charge is -2.14. The van der Waals surface area contributed by atoms with Crippen molar-refractivity contribution in [1.82, 2.24) is 5.32 Å². The molecule has 1 atom stereocenters. The second-order valence-corrected chi connectivity index (χ2v) is 4.42. The highest BCUT2D eigenvalue weighted by molar-refractivity contribution is 5.37. The smallest absolute Gasteiger partial charge is 0.123 e. The zero-order chi connectivity index (χ0) is 13.7. The van der Waals surface area contributed by atoms with Gasteiger partial charge in [-0.3, -0.25) is 0 Å². The van der Waals surface area contributed by atoms with Gasteiger partial charge in [-0.1, -0.05) is 30.3 Å². The molecule has 0 heterocycles. The fourth-order valence-electron chi connectivity index (χ4n) is 1.92. The molecule has 2 nitrogen and oxygen atoms in total. The van der Waals surface area contributed by atoms with Crippen LogP contribution >= 0.6 is 0 Å². The maximum atomic E-state index is 12.8. The second kappa shape index (κ2) is 6.12. The van der Waals surface area contributed by atoms with Gasteiger partial charge in [-0.15, -0.1) is 0 Å². The van der Waals surface area contributed by atoms with E-state index in [1.165, 1.54) is 12.1 Å². The molecule has 3 heteroatoms. The van der Waals surface area contributed by atoms with Gasteiger partial charge in [0, 0.05) is 12.6 Å². The minimum absolute atomic E-state index is 0.104. The zero-order valence-corrected chi connectivity index (χ0v) is 10.7. The average molecular weight is 254 g/mol. The number of hydrogen-bond acceptors (Lipinski definition) is 2. The molecular weight excluding hydrogens is 239 g/mol. The van der Waals surface area contributed by atoms with Gasteiger partial charge in [0.25, 0.3) is 0 Å². The number of nitrogens with zero attached hydrogens (tertiary/aromatic N) is 1. The van der Waals surface area contributed by atoms with Crippen LogP contribution in [-0.4, -0.2) is 0 Å². The van der Waals surface area contributed by atoms with Gasteiger partial charge in [0.15, 0.2) is 0 Å². The summed E-state index contributed by atoms with van der Waals surface area (Å²) in [6.07, 6.45) is 0. The number of nitrogens with one attached hydrogen (secondary N) is 1. The second-order valence-electron chi connectivity index (χ2n) is 4.42. The van der Waals surface area contributed by atoms with E-state index in [4.69, 9.17) is 5.26 Å². The van der Waals surface area contributed by atoms with Crippen LogP contribution in [0.2, 0.25) is 0 Å². The van der Waals surface area contributed by atoms with Crippen LogP contribution in [0, 0.1) is 17.1 Å². The van der Waals surface area contributed by atoms with E-state index in [1.54, 1.807) is 18.2 Å². The molecule has 1 N–H and O–H groups in total. The van der Waals surface area contributed by atoms with E-state index in [9.17, 15) is 4.39 Å². The molecule has 0 aliphatic rings. The first-order chi connectivity index (χ1) is 9.20. The van der Waals surface area contributed by atoms with Crippen molar-refractivity contribution in [2.75, 3.05) is 0 Å². The summed E-state index contributed by atoms with van der Waals surface area (Å²) in [5.74, 6) is -0.231. The highest BCUT2D eigenvalue weighted by atomic mass is 19.1. The van der Waals surface area contributed by atoms with Crippen molar-refractivity contribution in [3.05, 3.63) is 71.0 Å². The van der Waals surface area contributed by atoms with E-state index in [0.717, 1.165) is 11.1 Å². The Kier molecular flexibility index (Phi) is 4.27. The molecule has 0 amide bonds. The van der Waals surface area contributed by atoms with Gasteiger partial charge in [-0.25, -0.2) is 4.39 Å². The van der Waals surface area contributed by atoms with E-state index < -0.39 is 0 Å². The summed E-state index contributed by atoms with van der Waals surface area (Å²) in [6, 6.07) is 16.2. The maximum Gasteiger partial charge on any atom is 0.123 e. The SMILES string of the molecule is C[C@@H](NCc1ccccc1C#N)c1ccc(F)cc1. The number of halogens is 1. The Morgan fingerprint density at radius 2 is 1.84 bits per heavy atom. The van der Waals surface area contributed by atoms with Gasteiger partial charge in [0.05, 0.1) is 11.6 Å². The van der Waals surface area contributed by atoms with E-state index in [0.29, 0.717) is 12.1 Å². The van der Waals surface area contributed by atoms with Gasteiger partial charge in [-0.05, 0) is 36.2 Å². The highest BCUT2D eigenvalue weighted by Crippen LogP contribution is 2.14. The summed E-state index contributed by atoms with van der Waals surface area (Å²) in [7, 11) is 0. The Morgan fingerprint density at radius 1 is 1.16 bits per heavy atom. The molecule has 0 saturated heterocycles. The largest absolute Gasteiger partial charge is 0.306 e. The van der Waals surface area contributed by atoms with Gasteiger partial charge >= 0.3 is 0 Å². The Bertz CT molecular complexity index is 584. The van der Waals surface area contributed by atoms with Crippen molar-refractivity contribution >= 4 is 0 Å². The first-order valence-electron chi connectivity index (χ1n) is 6.17. The van der Waals surface area contributed by atoms with Crippen molar-refractivity contribution in [3.8, 4) is 6.07 Å². The average Bonchev–Trinajstić information content (AvgIpc) is 2.45. The molecule has 0 aliphatic heterocycles. The van der Waals surface area contributed by atoms with Crippen molar-refractivity contribution in [2.45, 2.75) is 19.5 Å². The Morgan fingerprint density at radius 3 is 2.53 bits per heavy atom. The van der Waals surface area contributed by atoms with Gasteiger partial charge in [-0.2, -0.15) is 5.26 Å². The number of hydrogen-bond donors (Lipinski definition) is 1. The molecule has 0 aliphatic carbocycles. The van der Waals surface area contributed by atoms with Crippen LogP contribution in [0.15, 0.2) is 48.5 Å². The lowest BCUT2D eigenvalue weighted by Crippen LogP contribution is -2.18. The van der Waals surface area contributed by atoms with Crippen LogP contribution in [-0.2, 0) is 6.54 Å². The maximum absolute atomic E-state index is 12.8. The molecule has 96 valence electrons. The molecule has 0 radical (unpaired) electrons. The fraction of sp³-hybridized carbons (Fsp3) is 0.188. The van der Waals surface area contributed by atoms with Crippen LogP contribution in [0.25, 0.3) is 0 Å². The van der Waals surface area contributed by atoms with Crippen LogP contribution in [0.1, 0.15) is 29.7 Å². The predicted octanol–water partition coefficient (Wildman–Crippen LogP) is 3.55. The molecular formula is C16H15FN2. The lowest BCUT2D eigenvalue weighted by atomic mass is 10.1. The molecule has 0 saturated carbocycles. The molecule has 19 heavy (non-hydrogen) atoms. The molecule has 0 spiro atoms. The van der Waals surface area contributed by atoms with Crippen molar-refractivity contribution in [2.24, 2.45) is 0 Å². The van der Waals surface area contributed by atoms with E-state index in [2.05, 4.69) is 11.4 Å². The zero-order valence-electron chi connectivity index (χ0n) is 10.7. The molecule has 2 aromatic carbocycles. The molecule has 0 bridgehead atoms. The topological polar surface area (TPSA) is 35.8 Å². The van der Waals surface area contributed by atoms with E-state index in [1.807, 2.05) is 25.1 Å². The molecule has 0 fully saturated rings. The van der Waals surface area contributed by atoms with Crippen LogP contribution in [0.5, 0.6) is 0 Å². The van der Waals surface area contributed by atoms with Crippen molar-refractivity contribution in [1.29, 1.82) is 5.26 Å². The van der Waals surface area contributed by atoms with Crippen molar-refractivity contribution < 1.29 is 4.39 Å². The molecule has 0 aromatic heterocycles. The Hall–Kier alpha value is -2.18. The number of nitriles is 1. The summed E-state index contributed by atoms with van der Waals surface area (Å²) >= 11 is 0. The Labute approximate surface area is 112 Å². The lowest BCUT2D eigenvalue weighted by molar-refractivity contribution is 0.570. The summed E-state index contributed by atoms with van der Waals surface area (Å²) in [4.78, 5) is 0. The third-order valence-electron chi connectivity index (χ3n) is 3.11. The van der Waals surface area contributed by atoms with Crippen LogP contribution < -0.4 is 5.32 Å². The number of benzene rings is 2. The quantitative estimate of drug-likeness (QED) is 0.905. The summed E-state index contributed by atoms with van der Waals surface area (Å²) < 4.78 is 12.8. The van der Waals surface area contributed by atoms with Crippen LogP contribution in [0.4, 0.5) is 4.39 Å². The fourth-order valence-corrected chi connectivity index (χ4v) is 1.92. The predicted molar refractivity (Wildman–Crippen MR) is 72.8 cm³/mol. The monoisotopic (exact) mass is 254 g/mol. The van der Waals surface area contributed by atoms with Crippen molar-refractivity contribution in [3.63, 3.8) is 0 Å². The highest BCUT2D eigenvalue weighted by Gasteiger charge is 2.06. The third-order valence-corrected chi connectivity index (χ3v) is 3.11. The standard InChI is InChI=1S/C16H15FN2/c1-12(13-6-8-16(17)9-7-13)19-11-15-5-3-2-4-14(15)10-18/h2-9,12,19H,11H2,1H3/t12-/m1/s1. The van der Waals surface area contributed by atoms with Gasteiger partial charge in [0.2, 0.25) is 0 Å². The molecule has 2 aromatic rings. The molecule has 0 unspecified atom stereocenters. The van der Waals surface area contributed by atoms with Crippen LogP contribution in [0.3, 0.4) is 0 Å². The summed E-state index contributed by atoms with van der Waals surface area (Å²) in [5.41, 5.74) is 2.68. The minimum atomic E-state index is -0.231. The summed E-state index contributed by atoms with van der Waals surface area (Å²) in [6.45, 7) is 2.63. The normalized spacial score (nSPS) is 11.8. The van der Waals surface area contributed by atoms with E-state index >= 15 is 0 Å².